The summed E-state index contributed by atoms with van der Waals surface area (Å²) in [6.45, 7) is 4.42. The molecule has 82 valence electrons. The van der Waals surface area contributed by atoms with Gasteiger partial charge in [0.05, 0.1) is 12.7 Å². The van der Waals surface area contributed by atoms with Crippen molar-refractivity contribution in [3.05, 3.63) is 12.2 Å². The maximum absolute atomic E-state index is 10.3. The minimum absolute atomic E-state index is 0.117. The molecule has 1 atom stereocenters. The van der Waals surface area contributed by atoms with Crippen LogP contribution in [0.5, 0.6) is 0 Å². The first-order valence-corrected chi connectivity index (χ1v) is 4.36. The maximum atomic E-state index is 10.3. The van der Waals surface area contributed by atoms with E-state index in [0.29, 0.717) is 19.6 Å². The highest BCUT2D eigenvalue weighted by Crippen LogP contribution is 1.91. The molecule has 1 unspecified atom stereocenters. The summed E-state index contributed by atoms with van der Waals surface area (Å²) < 4.78 is 4.73. The van der Waals surface area contributed by atoms with Crippen LogP contribution in [0.3, 0.4) is 0 Å². The third-order valence-corrected chi connectivity index (χ3v) is 1.65. The molecule has 0 aromatic heterocycles. The Hall–Kier alpha value is -0.910. The number of nitrogens with one attached hydrogen (secondary N) is 1. The molecule has 0 spiro atoms. The zero-order valence-electron chi connectivity index (χ0n) is 8.32. The second-order valence-electron chi connectivity index (χ2n) is 2.98. The van der Waals surface area contributed by atoms with E-state index in [-0.39, 0.29) is 12.1 Å². The molecule has 0 heterocycles. The molecular weight excluding hydrogens is 186 g/mol. The molecule has 0 rings (SSSR count). The van der Waals surface area contributed by atoms with Crippen molar-refractivity contribution in [1.82, 2.24) is 5.32 Å². The Kier molecular flexibility index (Phi) is 7.00. The molecule has 5 heteroatoms. The number of rotatable bonds is 8. The molecule has 0 aromatic carbocycles. The first kappa shape index (κ1) is 13.1. The number of ether oxygens (including phenoxy) is 1. The average Bonchev–Trinajstić information content (AvgIpc) is 2.12. The fraction of sp³-hybridized carbons (Fsp3) is 0.667. The molecule has 0 saturated carbocycles. The van der Waals surface area contributed by atoms with Gasteiger partial charge < -0.3 is 20.3 Å². The Morgan fingerprint density at radius 1 is 1.64 bits per heavy atom. The number of methoxy groups -OCH3 is 1. The molecule has 0 saturated heterocycles. The predicted octanol–water partition coefficient (Wildman–Crippen LogP) is -0.386. The Bertz CT molecular complexity index is 193. The Morgan fingerprint density at radius 3 is 2.79 bits per heavy atom. The third-order valence-electron chi connectivity index (χ3n) is 1.65. The van der Waals surface area contributed by atoms with Gasteiger partial charge in [-0.15, -0.1) is 0 Å². The van der Waals surface area contributed by atoms with Gasteiger partial charge in [0.1, 0.15) is 0 Å². The van der Waals surface area contributed by atoms with Crippen molar-refractivity contribution in [2.75, 3.05) is 26.8 Å². The number of carboxylic acid groups (broad SMARTS) is 1. The van der Waals surface area contributed by atoms with E-state index in [9.17, 15) is 9.90 Å². The number of aliphatic carboxylic acids is 1. The lowest BCUT2D eigenvalue weighted by molar-refractivity contribution is -0.132. The van der Waals surface area contributed by atoms with E-state index in [1.54, 1.807) is 0 Å². The van der Waals surface area contributed by atoms with Gasteiger partial charge >= 0.3 is 5.97 Å². The van der Waals surface area contributed by atoms with Crippen LogP contribution in [0.25, 0.3) is 0 Å². The molecule has 0 aliphatic heterocycles. The van der Waals surface area contributed by atoms with Crippen LogP contribution >= 0.6 is 0 Å². The summed E-state index contributed by atoms with van der Waals surface area (Å²) in [5.41, 5.74) is 0.117. The Balaban J connectivity index is 3.37. The van der Waals surface area contributed by atoms with Crippen molar-refractivity contribution in [2.24, 2.45) is 0 Å². The van der Waals surface area contributed by atoms with Gasteiger partial charge in [-0.05, 0) is 13.0 Å². The minimum atomic E-state index is -1.00. The van der Waals surface area contributed by atoms with E-state index in [1.165, 1.54) is 7.11 Å². The third kappa shape index (κ3) is 6.59. The highest BCUT2D eigenvalue weighted by atomic mass is 16.5. The largest absolute Gasteiger partial charge is 0.478 e. The summed E-state index contributed by atoms with van der Waals surface area (Å²) in [5.74, 6) is -1.00. The topological polar surface area (TPSA) is 78.8 Å². The minimum Gasteiger partial charge on any atom is -0.478 e. The van der Waals surface area contributed by atoms with E-state index >= 15 is 0 Å². The smallest absolute Gasteiger partial charge is 0.332 e. The van der Waals surface area contributed by atoms with Crippen molar-refractivity contribution < 1.29 is 19.7 Å². The molecule has 0 aliphatic rings. The molecule has 14 heavy (non-hydrogen) atoms. The van der Waals surface area contributed by atoms with Gasteiger partial charge in [0.15, 0.2) is 0 Å². The highest BCUT2D eigenvalue weighted by molar-refractivity contribution is 5.86. The van der Waals surface area contributed by atoms with E-state index < -0.39 is 12.1 Å². The van der Waals surface area contributed by atoms with Crippen molar-refractivity contribution in [2.45, 2.75) is 12.5 Å². The van der Waals surface area contributed by atoms with Crippen LogP contribution in [-0.4, -0.2) is 49.1 Å². The van der Waals surface area contributed by atoms with Gasteiger partial charge in [0.2, 0.25) is 0 Å². The van der Waals surface area contributed by atoms with E-state index in [2.05, 4.69) is 11.9 Å². The second kappa shape index (κ2) is 7.49. The Morgan fingerprint density at radius 2 is 2.29 bits per heavy atom. The van der Waals surface area contributed by atoms with Gasteiger partial charge in [0, 0.05) is 19.2 Å². The molecule has 0 aliphatic carbocycles. The van der Waals surface area contributed by atoms with E-state index in [1.807, 2.05) is 0 Å². The fourth-order valence-electron chi connectivity index (χ4n) is 0.859. The number of hydrogen-bond acceptors (Lipinski definition) is 4. The molecule has 0 amide bonds. The normalized spacial score (nSPS) is 12.4. The number of hydrogen-bond donors (Lipinski definition) is 3. The van der Waals surface area contributed by atoms with Crippen LogP contribution in [0.2, 0.25) is 0 Å². The van der Waals surface area contributed by atoms with Crippen LogP contribution < -0.4 is 5.32 Å². The highest BCUT2D eigenvalue weighted by Gasteiger charge is 2.04. The van der Waals surface area contributed by atoms with Crippen LogP contribution in [-0.2, 0) is 9.53 Å². The number of aliphatic hydroxyl groups is 1. The van der Waals surface area contributed by atoms with Crippen molar-refractivity contribution in [3.8, 4) is 0 Å². The zero-order chi connectivity index (χ0) is 11.0. The van der Waals surface area contributed by atoms with Crippen LogP contribution in [0.1, 0.15) is 6.42 Å². The summed E-state index contributed by atoms with van der Waals surface area (Å²) in [6.07, 6.45) is 0.0198. The molecule has 0 radical (unpaired) electrons. The summed E-state index contributed by atoms with van der Waals surface area (Å²) in [7, 11) is 1.52. The standard InChI is InChI=1S/C9H17NO4/c1-7(9(12)13)5-10-4-3-8(11)6-14-2/h8,10-11H,1,3-6H2,2H3,(H,12,13). The lowest BCUT2D eigenvalue weighted by atomic mass is 10.2. The SMILES string of the molecule is C=C(CNCCC(O)COC)C(=O)O. The number of carboxylic acids is 1. The lowest BCUT2D eigenvalue weighted by Crippen LogP contribution is -2.26. The number of carbonyl (C=O) groups is 1. The van der Waals surface area contributed by atoms with Crippen molar-refractivity contribution in [3.63, 3.8) is 0 Å². The monoisotopic (exact) mass is 203 g/mol. The molecule has 0 fully saturated rings. The van der Waals surface area contributed by atoms with Crippen LogP contribution in [0.4, 0.5) is 0 Å². The van der Waals surface area contributed by atoms with E-state index in [0.717, 1.165) is 0 Å². The van der Waals surface area contributed by atoms with Crippen LogP contribution in [0, 0.1) is 0 Å². The van der Waals surface area contributed by atoms with Gasteiger partial charge in [-0.2, -0.15) is 0 Å². The second-order valence-corrected chi connectivity index (χ2v) is 2.98. The average molecular weight is 203 g/mol. The van der Waals surface area contributed by atoms with Gasteiger partial charge in [-0.3, -0.25) is 0 Å². The number of aliphatic hydroxyl groups excluding tert-OH is 1. The first-order chi connectivity index (χ1) is 6.57. The predicted molar refractivity (Wildman–Crippen MR) is 52.1 cm³/mol. The lowest BCUT2D eigenvalue weighted by Gasteiger charge is -2.09. The summed E-state index contributed by atoms with van der Waals surface area (Å²) >= 11 is 0. The molecule has 0 aromatic rings. The quantitative estimate of drug-likeness (QED) is 0.370. The molecular formula is C9H17NO4. The van der Waals surface area contributed by atoms with Crippen molar-refractivity contribution >= 4 is 5.97 Å². The molecule has 3 N–H and O–H groups in total. The summed E-state index contributed by atoms with van der Waals surface area (Å²) in [6, 6.07) is 0. The van der Waals surface area contributed by atoms with E-state index in [4.69, 9.17) is 9.84 Å². The molecule has 0 bridgehead atoms. The van der Waals surface area contributed by atoms with Gasteiger partial charge in [-0.1, -0.05) is 6.58 Å². The van der Waals surface area contributed by atoms with Gasteiger partial charge in [0.25, 0.3) is 0 Å². The van der Waals surface area contributed by atoms with Crippen LogP contribution in [0.15, 0.2) is 12.2 Å². The van der Waals surface area contributed by atoms with Gasteiger partial charge in [-0.25, -0.2) is 4.79 Å². The zero-order valence-corrected chi connectivity index (χ0v) is 8.32. The van der Waals surface area contributed by atoms with Crippen molar-refractivity contribution in [1.29, 1.82) is 0 Å². The summed E-state index contributed by atoms with van der Waals surface area (Å²) in [5, 5.41) is 20.5. The molecule has 5 nitrogen and oxygen atoms in total. The summed E-state index contributed by atoms with van der Waals surface area (Å²) in [4.78, 5) is 10.3. The Labute approximate surface area is 83.4 Å². The maximum Gasteiger partial charge on any atom is 0.332 e. The first-order valence-electron chi connectivity index (χ1n) is 4.36. The fourth-order valence-corrected chi connectivity index (χ4v) is 0.859.